The fraction of sp³-hybridized carbons (Fsp3) is 0.474. The first-order valence-electron chi connectivity index (χ1n) is 9.03. The summed E-state index contributed by atoms with van der Waals surface area (Å²) < 4.78 is 38.6. The molecule has 2 aromatic rings. The molecule has 4 rings (SSSR count). The van der Waals surface area contributed by atoms with Gasteiger partial charge in [0.1, 0.15) is 5.01 Å². The fourth-order valence-electron chi connectivity index (χ4n) is 3.28. The van der Waals surface area contributed by atoms with Gasteiger partial charge in [-0.15, -0.1) is 11.3 Å². The van der Waals surface area contributed by atoms with Gasteiger partial charge in [0.2, 0.25) is 0 Å². The lowest BCUT2D eigenvalue weighted by Crippen LogP contribution is -2.48. The lowest BCUT2D eigenvalue weighted by molar-refractivity contribution is -0.137. The third kappa shape index (κ3) is 4.32. The molecule has 0 spiro atoms. The molecule has 2 heterocycles. The molecule has 1 aromatic heterocycles. The number of aromatic nitrogens is 1. The SMILES string of the molecule is O=C(c1cccc(C(F)(F)F)c1)N1CCN(Cc2nc(C3CC3)cs2)CC1. The topological polar surface area (TPSA) is 36.4 Å². The highest BCUT2D eigenvalue weighted by atomic mass is 32.1. The predicted octanol–water partition coefficient (Wildman–Crippen LogP) is 4.00. The molecule has 1 aromatic carbocycles. The standard InChI is InChI=1S/C19H20F3N3OS/c20-19(21,22)15-3-1-2-14(10-15)18(26)25-8-6-24(7-9-25)11-17-23-16(12-27-17)13-4-5-13/h1-3,10,12-13H,4-9,11H2. The predicted molar refractivity (Wildman–Crippen MR) is 96.7 cm³/mol. The molecule has 27 heavy (non-hydrogen) atoms. The van der Waals surface area contributed by atoms with Crippen LogP contribution in [-0.4, -0.2) is 46.9 Å². The number of halogens is 3. The first-order chi connectivity index (χ1) is 12.9. The van der Waals surface area contributed by atoms with Gasteiger partial charge in [0.15, 0.2) is 0 Å². The van der Waals surface area contributed by atoms with Gasteiger partial charge < -0.3 is 4.90 Å². The smallest absolute Gasteiger partial charge is 0.336 e. The Morgan fingerprint density at radius 2 is 1.93 bits per heavy atom. The zero-order valence-corrected chi connectivity index (χ0v) is 15.5. The van der Waals surface area contributed by atoms with Crippen molar-refractivity contribution in [3.63, 3.8) is 0 Å². The third-order valence-corrected chi connectivity index (χ3v) is 5.87. The first-order valence-corrected chi connectivity index (χ1v) is 9.91. The number of thiazole rings is 1. The van der Waals surface area contributed by atoms with Crippen LogP contribution in [0.15, 0.2) is 29.6 Å². The minimum Gasteiger partial charge on any atom is -0.336 e. The van der Waals surface area contributed by atoms with E-state index >= 15 is 0 Å². The van der Waals surface area contributed by atoms with Crippen LogP contribution in [0.3, 0.4) is 0 Å². The van der Waals surface area contributed by atoms with E-state index in [1.165, 1.54) is 30.7 Å². The van der Waals surface area contributed by atoms with E-state index in [1.54, 1.807) is 16.2 Å². The normalized spacial score (nSPS) is 18.7. The van der Waals surface area contributed by atoms with Crippen LogP contribution in [0.25, 0.3) is 0 Å². The molecule has 8 heteroatoms. The van der Waals surface area contributed by atoms with E-state index in [-0.39, 0.29) is 11.5 Å². The number of hydrogen-bond acceptors (Lipinski definition) is 4. The third-order valence-electron chi connectivity index (χ3n) is 5.02. The highest BCUT2D eigenvalue weighted by Crippen LogP contribution is 2.40. The van der Waals surface area contributed by atoms with Gasteiger partial charge in [0, 0.05) is 43.0 Å². The van der Waals surface area contributed by atoms with Crippen molar-refractivity contribution >= 4 is 17.2 Å². The van der Waals surface area contributed by atoms with E-state index in [9.17, 15) is 18.0 Å². The van der Waals surface area contributed by atoms with Gasteiger partial charge in [0.25, 0.3) is 5.91 Å². The van der Waals surface area contributed by atoms with Crippen LogP contribution in [0.1, 0.15) is 45.4 Å². The van der Waals surface area contributed by atoms with Crippen molar-refractivity contribution < 1.29 is 18.0 Å². The van der Waals surface area contributed by atoms with Crippen LogP contribution in [0, 0.1) is 0 Å². The molecule has 1 saturated carbocycles. The number of alkyl halides is 3. The van der Waals surface area contributed by atoms with Gasteiger partial charge in [-0.3, -0.25) is 9.69 Å². The molecule has 0 N–H and O–H groups in total. The molecule has 2 fully saturated rings. The van der Waals surface area contributed by atoms with Crippen molar-refractivity contribution in [3.8, 4) is 0 Å². The van der Waals surface area contributed by atoms with Gasteiger partial charge in [-0.25, -0.2) is 4.98 Å². The molecule has 1 saturated heterocycles. The van der Waals surface area contributed by atoms with Gasteiger partial charge in [-0.05, 0) is 31.0 Å². The maximum Gasteiger partial charge on any atom is 0.416 e. The first kappa shape index (κ1) is 18.4. The minimum absolute atomic E-state index is 0.0901. The van der Waals surface area contributed by atoms with E-state index in [0.717, 1.165) is 23.7 Å². The molecule has 0 atom stereocenters. The number of carbonyl (C=O) groups is 1. The molecule has 1 aliphatic carbocycles. The van der Waals surface area contributed by atoms with Crippen molar-refractivity contribution in [3.05, 3.63) is 51.5 Å². The maximum absolute atomic E-state index is 12.9. The Morgan fingerprint density at radius 3 is 2.59 bits per heavy atom. The molecular weight excluding hydrogens is 375 g/mol. The van der Waals surface area contributed by atoms with Crippen LogP contribution >= 0.6 is 11.3 Å². The lowest BCUT2D eigenvalue weighted by Gasteiger charge is -2.34. The van der Waals surface area contributed by atoms with Gasteiger partial charge in [-0.2, -0.15) is 13.2 Å². The zero-order chi connectivity index (χ0) is 19.0. The van der Waals surface area contributed by atoms with E-state index in [0.29, 0.717) is 32.1 Å². The molecule has 1 aliphatic heterocycles. The summed E-state index contributed by atoms with van der Waals surface area (Å²) in [7, 11) is 0. The summed E-state index contributed by atoms with van der Waals surface area (Å²) in [5, 5.41) is 3.23. The van der Waals surface area contributed by atoms with Crippen molar-refractivity contribution in [2.45, 2.75) is 31.5 Å². The van der Waals surface area contributed by atoms with E-state index in [2.05, 4.69) is 10.3 Å². The summed E-state index contributed by atoms with van der Waals surface area (Å²) in [5.41, 5.74) is 0.503. The number of benzene rings is 1. The van der Waals surface area contributed by atoms with Crippen molar-refractivity contribution in [1.82, 2.24) is 14.8 Å². The van der Waals surface area contributed by atoms with Crippen molar-refractivity contribution in [2.24, 2.45) is 0 Å². The Hall–Kier alpha value is -1.93. The van der Waals surface area contributed by atoms with Gasteiger partial charge >= 0.3 is 6.18 Å². The van der Waals surface area contributed by atoms with Gasteiger partial charge in [0.05, 0.1) is 17.8 Å². The van der Waals surface area contributed by atoms with E-state index in [1.807, 2.05) is 0 Å². The number of amides is 1. The van der Waals surface area contributed by atoms with Crippen molar-refractivity contribution in [2.75, 3.05) is 26.2 Å². The number of nitrogens with zero attached hydrogens (tertiary/aromatic N) is 3. The lowest BCUT2D eigenvalue weighted by atomic mass is 10.1. The van der Waals surface area contributed by atoms with Crippen molar-refractivity contribution in [1.29, 1.82) is 0 Å². The largest absolute Gasteiger partial charge is 0.416 e. The summed E-state index contributed by atoms with van der Waals surface area (Å²) in [5.74, 6) is 0.308. The number of carbonyl (C=O) groups excluding carboxylic acids is 1. The Labute approximate surface area is 159 Å². The average molecular weight is 395 g/mol. The Morgan fingerprint density at radius 1 is 1.19 bits per heavy atom. The molecule has 0 bridgehead atoms. The molecule has 1 amide bonds. The van der Waals surface area contributed by atoms with Crippen LogP contribution in [0.5, 0.6) is 0 Å². The second kappa shape index (κ2) is 7.24. The Bertz CT molecular complexity index is 824. The fourth-order valence-corrected chi connectivity index (χ4v) is 4.19. The second-order valence-corrected chi connectivity index (χ2v) is 8.03. The number of rotatable bonds is 4. The summed E-state index contributed by atoms with van der Waals surface area (Å²) in [6, 6.07) is 4.65. The Kier molecular flexibility index (Phi) is 4.94. The number of hydrogen-bond donors (Lipinski definition) is 0. The molecular formula is C19H20F3N3OS. The van der Waals surface area contributed by atoms with Crippen LogP contribution in [0.2, 0.25) is 0 Å². The zero-order valence-electron chi connectivity index (χ0n) is 14.7. The highest BCUT2D eigenvalue weighted by Gasteiger charge is 2.32. The molecule has 144 valence electrons. The van der Waals surface area contributed by atoms with Crippen LogP contribution < -0.4 is 0 Å². The molecule has 4 nitrogen and oxygen atoms in total. The van der Waals surface area contributed by atoms with E-state index < -0.39 is 11.7 Å². The van der Waals surface area contributed by atoms with Crippen LogP contribution in [0.4, 0.5) is 13.2 Å². The highest BCUT2D eigenvalue weighted by molar-refractivity contribution is 7.09. The summed E-state index contributed by atoms with van der Waals surface area (Å²) in [6.45, 7) is 3.18. The van der Waals surface area contributed by atoms with Crippen LogP contribution in [-0.2, 0) is 12.7 Å². The summed E-state index contributed by atoms with van der Waals surface area (Å²) in [6.07, 6.45) is -1.97. The summed E-state index contributed by atoms with van der Waals surface area (Å²) >= 11 is 1.68. The monoisotopic (exact) mass is 395 g/mol. The maximum atomic E-state index is 12.9. The quantitative estimate of drug-likeness (QED) is 0.785. The average Bonchev–Trinajstić information content (AvgIpc) is 3.41. The molecule has 0 radical (unpaired) electrons. The van der Waals surface area contributed by atoms with Gasteiger partial charge in [-0.1, -0.05) is 6.07 Å². The number of piperazine rings is 1. The van der Waals surface area contributed by atoms with E-state index in [4.69, 9.17) is 4.98 Å². The molecule has 2 aliphatic rings. The minimum atomic E-state index is -4.44. The second-order valence-electron chi connectivity index (χ2n) is 7.09. The molecule has 0 unspecified atom stereocenters. The summed E-state index contributed by atoms with van der Waals surface area (Å²) in [4.78, 5) is 21.1. The Balaban J connectivity index is 1.33.